The van der Waals surface area contributed by atoms with Gasteiger partial charge in [0.25, 0.3) is 0 Å². The zero-order valence-electron chi connectivity index (χ0n) is 14.1. The van der Waals surface area contributed by atoms with E-state index in [2.05, 4.69) is 10.3 Å². The molecule has 1 N–H and O–H groups in total. The molecule has 0 aliphatic rings. The molecular weight excluding hydrogens is 346 g/mol. The van der Waals surface area contributed by atoms with Crippen molar-refractivity contribution in [2.24, 2.45) is 0 Å². The van der Waals surface area contributed by atoms with Crippen LogP contribution in [-0.2, 0) is 21.2 Å². The first-order valence-corrected chi connectivity index (χ1v) is 9.75. The lowest BCUT2D eigenvalue weighted by atomic mass is 10.1. The summed E-state index contributed by atoms with van der Waals surface area (Å²) in [5.41, 5.74) is 1.60. The molecule has 1 amide bonds. The third kappa shape index (κ3) is 4.40. The molecule has 24 heavy (non-hydrogen) atoms. The highest BCUT2D eigenvalue weighted by Gasteiger charge is 2.18. The summed E-state index contributed by atoms with van der Waals surface area (Å²) >= 11 is 1.52. The first kappa shape index (κ1) is 18.6. The van der Waals surface area contributed by atoms with E-state index >= 15 is 0 Å². The number of carbonyl (C=O) groups excluding carboxylic acids is 1. The number of aryl methyl sites for hydroxylation is 1. The molecule has 0 radical (unpaired) electrons. The van der Waals surface area contributed by atoms with Gasteiger partial charge in [-0.1, -0.05) is 12.1 Å². The Morgan fingerprint density at radius 1 is 1.29 bits per heavy atom. The summed E-state index contributed by atoms with van der Waals surface area (Å²) in [4.78, 5) is 16.6. The summed E-state index contributed by atoms with van der Waals surface area (Å²) in [5, 5.41) is 5.71. The van der Waals surface area contributed by atoms with Gasteiger partial charge in [-0.2, -0.15) is 0 Å². The maximum Gasteiger partial charge on any atom is 0.242 e. The van der Waals surface area contributed by atoms with E-state index in [4.69, 9.17) is 0 Å². The van der Waals surface area contributed by atoms with Gasteiger partial charge in [-0.05, 0) is 31.5 Å². The van der Waals surface area contributed by atoms with Gasteiger partial charge >= 0.3 is 0 Å². The van der Waals surface area contributed by atoms with Crippen LogP contribution >= 0.6 is 11.3 Å². The second kappa shape index (κ2) is 7.42. The molecule has 1 atom stereocenters. The second-order valence-corrected chi connectivity index (χ2v) is 8.89. The monoisotopic (exact) mass is 367 g/mol. The predicted molar refractivity (Wildman–Crippen MR) is 94.4 cm³/mol. The number of hydrogen-bond donors (Lipinski definition) is 1. The molecule has 1 aromatic heterocycles. The fourth-order valence-corrected chi connectivity index (χ4v) is 3.68. The minimum atomic E-state index is -3.44. The zero-order chi connectivity index (χ0) is 17.9. The molecule has 0 saturated heterocycles. The zero-order valence-corrected chi connectivity index (χ0v) is 15.7. The van der Waals surface area contributed by atoms with E-state index in [1.165, 1.54) is 29.7 Å². The fourth-order valence-electron chi connectivity index (χ4n) is 2.17. The molecule has 0 bridgehead atoms. The predicted octanol–water partition coefficient (Wildman–Crippen LogP) is 2.12. The molecule has 1 aromatic carbocycles. The van der Waals surface area contributed by atoms with Gasteiger partial charge < -0.3 is 5.32 Å². The van der Waals surface area contributed by atoms with Crippen molar-refractivity contribution in [1.29, 1.82) is 0 Å². The SMILES string of the molecule is Cc1nc(CC(=O)NC(C)c2ccc(S(=O)(=O)N(C)C)cc2)cs1. The highest BCUT2D eigenvalue weighted by atomic mass is 32.2. The van der Waals surface area contributed by atoms with Crippen LogP contribution in [0.4, 0.5) is 0 Å². The van der Waals surface area contributed by atoms with Crippen LogP contribution < -0.4 is 5.32 Å². The number of aromatic nitrogens is 1. The number of nitrogens with zero attached hydrogens (tertiary/aromatic N) is 2. The molecule has 6 nitrogen and oxygen atoms in total. The van der Waals surface area contributed by atoms with Crippen LogP contribution in [0.5, 0.6) is 0 Å². The minimum Gasteiger partial charge on any atom is -0.349 e. The van der Waals surface area contributed by atoms with E-state index < -0.39 is 10.0 Å². The number of amides is 1. The Kier molecular flexibility index (Phi) is 5.74. The molecule has 0 saturated carbocycles. The molecule has 130 valence electrons. The number of sulfonamides is 1. The molecule has 0 aliphatic carbocycles. The Balaban J connectivity index is 2.02. The molecule has 8 heteroatoms. The quantitative estimate of drug-likeness (QED) is 0.848. The standard InChI is InChI=1S/C16H21N3O3S2/c1-11(17-16(20)9-14-10-23-12(2)18-14)13-5-7-15(8-6-13)24(21,22)19(3)4/h5-8,10-11H,9H2,1-4H3,(H,17,20). The van der Waals surface area contributed by atoms with Gasteiger partial charge in [-0.15, -0.1) is 11.3 Å². The summed E-state index contributed by atoms with van der Waals surface area (Å²) in [7, 11) is -0.457. The summed E-state index contributed by atoms with van der Waals surface area (Å²) in [6.45, 7) is 3.76. The fraction of sp³-hybridized carbons (Fsp3) is 0.375. The van der Waals surface area contributed by atoms with Gasteiger partial charge in [-0.25, -0.2) is 17.7 Å². The maximum atomic E-state index is 12.1. The lowest BCUT2D eigenvalue weighted by Crippen LogP contribution is -2.28. The van der Waals surface area contributed by atoms with Gasteiger partial charge in [0, 0.05) is 19.5 Å². The van der Waals surface area contributed by atoms with E-state index in [-0.39, 0.29) is 23.3 Å². The lowest BCUT2D eigenvalue weighted by Gasteiger charge is -2.16. The molecule has 1 heterocycles. The molecule has 1 unspecified atom stereocenters. The third-order valence-corrected chi connectivity index (χ3v) is 6.20. The summed E-state index contributed by atoms with van der Waals surface area (Å²) < 4.78 is 25.3. The number of hydrogen-bond acceptors (Lipinski definition) is 5. The van der Waals surface area contributed by atoms with E-state index in [9.17, 15) is 13.2 Å². The maximum absolute atomic E-state index is 12.1. The van der Waals surface area contributed by atoms with Crippen molar-refractivity contribution in [1.82, 2.24) is 14.6 Å². The molecule has 2 rings (SSSR count). The number of nitrogens with one attached hydrogen (secondary N) is 1. The first-order valence-electron chi connectivity index (χ1n) is 7.43. The number of thiazole rings is 1. The van der Waals surface area contributed by atoms with Crippen LogP contribution in [-0.4, -0.2) is 37.7 Å². The Morgan fingerprint density at radius 2 is 1.92 bits per heavy atom. The Labute approximate surface area is 146 Å². The second-order valence-electron chi connectivity index (χ2n) is 5.68. The number of benzene rings is 1. The van der Waals surface area contributed by atoms with Crippen molar-refractivity contribution in [3.05, 3.63) is 45.9 Å². The van der Waals surface area contributed by atoms with Gasteiger partial charge in [0.1, 0.15) is 0 Å². The summed E-state index contributed by atoms with van der Waals surface area (Å²) in [6.07, 6.45) is 0.238. The van der Waals surface area contributed by atoms with Crippen LogP contribution in [0.25, 0.3) is 0 Å². The van der Waals surface area contributed by atoms with Crippen molar-refractivity contribution < 1.29 is 13.2 Å². The number of carbonyl (C=O) groups is 1. The normalized spacial score (nSPS) is 13.0. The van der Waals surface area contributed by atoms with Crippen LogP contribution in [0.2, 0.25) is 0 Å². The average molecular weight is 367 g/mol. The molecule has 0 fully saturated rings. The largest absolute Gasteiger partial charge is 0.349 e. The molecule has 0 aliphatic heterocycles. The molecular formula is C16H21N3O3S2. The van der Waals surface area contributed by atoms with Gasteiger partial charge in [0.15, 0.2) is 0 Å². The van der Waals surface area contributed by atoms with Gasteiger partial charge in [0.2, 0.25) is 15.9 Å². The number of rotatable bonds is 6. The van der Waals surface area contributed by atoms with Crippen molar-refractivity contribution >= 4 is 27.3 Å². The van der Waals surface area contributed by atoms with Crippen molar-refractivity contribution in [2.75, 3.05) is 14.1 Å². The van der Waals surface area contributed by atoms with Crippen molar-refractivity contribution in [3.63, 3.8) is 0 Å². The lowest BCUT2D eigenvalue weighted by molar-refractivity contribution is -0.121. The highest BCUT2D eigenvalue weighted by Crippen LogP contribution is 2.18. The highest BCUT2D eigenvalue weighted by molar-refractivity contribution is 7.89. The summed E-state index contributed by atoms with van der Waals surface area (Å²) in [5.74, 6) is -0.113. The van der Waals surface area contributed by atoms with Crippen LogP contribution in [0, 0.1) is 6.92 Å². The minimum absolute atomic E-state index is 0.113. The van der Waals surface area contributed by atoms with Crippen LogP contribution in [0.1, 0.15) is 29.2 Å². The Bertz CT molecular complexity index is 811. The third-order valence-electron chi connectivity index (χ3n) is 3.54. The van der Waals surface area contributed by atoms with Crippen molar-refractivity contribution in [2.45, 2.75) is 31.2 Å². The van der Waals surface area contributed by atoms with E-state index in [1.807, 2.05) is 19.2 Å². The van der Waals surface area contributed by atoms with Gasteiger partial charge in [0.05, 0.1) is 28.1 Å². The van der Waals surface area contributed by atoms with E-state index in [1.54, 1.807) is 24.3 Å². The van der Waals surface area contributed by atoms with Crippen LogP contribution in [0.15, 0.2) is 34.5 Å². The topological polar surface area (TPSA) is 79.4 Å². The average Bonchev–Trinajstić information content (AvgIpc) is 2.92. The van der Waals surface area contributed by atoms with Crippen molar-refractivity contribution in [3.8, 4) is 0 Å². The first-order chi connectivity index (χ1) is 11.2. The molecule has 2 aromatic rings. The summed E-state index contributed by atoms with van der Waals surface area (Å²) in [6, 6.07) is 6.32. The Morgan fingerprint density at radius 3 is 2.42 bits per heavy atom. The van der Waals surface area contributed by atoms with Crippen LogP contribution in [0.3, 0.4) is 0 Å². The Hall–Kier alpha value is -1.77. The smallest absolute Gasteiger partial charge is 0.242 e. The van der Waals surface area contributed by atoms with Gasteiger partial charge in [-0.3, -0.25) is 4.79 Å². The molecule has 0 spiro atoms. The van der Waals surface area contributed by atoms with E-state index in [0.717, 1.165) is 16.3 Å². The van der Waals surface area contributed by atoms with E-state index in [0.29, 0.717) is 0 Å².